The van der Waals surface area contributed by atoms with E-state index in [1.54, 1.807) is 18.2 Å². The van der Waals surface area contributed by atoms with Gasteiger partial charge in [0.25, 0.3) is 0 Å². The van der Waals surface area contributed by atoms with Crippen molar-refractivity contribution in [2.24, 2.45) is 5.92 Å². The van der Waals surface area contributed by atoms with Crippen LogP contribution in [-0.2, 0) is 4.79 Å². The molecule has 1 fully saturated rings. The summed E-state index contributed by atoms with van der Waals surface area (Å²) in [5, 5.41) is 11.8. The summed E-state index contributed by atoms with van der Waals surface area (Å²) >= 11 is 0. The predicted molar refractivity (Wildman–Crippen MR) is 83.8 cm³/mol. The summed E-state index contributed by atoms with van der Waals surface area (Å²) in [6.45, 7) is 7.37. The maximum Gasteiger partial charge on any atom is 0.241 e. The van der Waals surface area contributed by atoms with E-state index in [4.69, 9.17) is 5.26 Å². The van der Waals surface area contributed by atoms with Gasteiger partial charge in [0.2, 0.25) is 5.91 Å². The Balaban J connectivity index is 2.03. The molecule has 0 radical (unpaired) electrons. The fraction of sp³-hybridized carbons (Fsp3) is 0.529. The Morgan fingerprint density at radius 2 is 2.24 bits per heavy atom. The monoisotopic (exact) mass is 285 g/mol. The molecule has 0 bridgehead atoms. The van der Waals surface area contributed by atoms with Crippen LogP contribution >= 0.6 is 0 Å². The summed E-state index contributed by atoms with van der Waals surface area (Å²) in [4.78, 5) is 14.7. The standard InChI is InChI=1S/C17H23N3O/c1-12-6-5-9-20(13(12)2)14(3)17(21)19-16-8-4-7-15(10-16)11-18/h4,7-8,10,12-14H,5-6,9H2,1-3H3,(H,19,21). The number of hydrogen-bond acceptors (Lipinski definition) is 3. The summed E-state index contributed by atoms with van der Waals surface area (Å²) in [7, 11) is 0. The van der Waals surface area contributed by atoms with Crippen LogP contribution in [0.25, 0.3) is 0 Å². The van der Waals surface area contributed by atoms with Crippen molar-refractivity contribution in [1.82, 2.24) is 4.90 Å². The number of likely N-dealkylation sites (tertiary alicyclic amines) is 1. The van der Waals surface area contributed by atoms with Crippen LogP contribution in [0.4, 0.5) is 5.69 Å². The Morgan fingerprint density at radius 1 is 1.48 bits per heavy atom. The number of benzene rings is 1. The number of rotatable bonds is 3. The molecule has 1 saturated heterocycles. The SMILES string of the molecule is CC1CCCN(C(C)C(=O)Nc2cccc(C#N)c2)C1C. The van der Waals surface area contributed by atoms with Gasteiger partial charge in [-0.2, -0.15) is 5.26 Å². The molecule has 1 heterocycles. The average molecular weight is 285 g/mol. The normalized spacial score (nSPS) is 24.1. The molecule has 0 aliphatic carbocycles. The molecule has 112 valence electrons. The lowest BCUT2D eigenvalue weighted by Gasteiger charge is -2.41. The first-order chi connectivity index (χ1) is 10.0. The number of hydrogen-bond donors (Lipinski definition) is 1. The van der Waals surface area contributed by atoms with Crippen LogP contribution in [0.1, 0.15) is 39.2 Å². The van der Waals surface area contributed by atoms with Crippen molar-refractivity contribution in [1.29, 1.82) is 5.26 Å². The highest BCUT2D eigenvalue weighted by Gasteiger charge is 2.31. The number of amides is 1. The number of nitriles is 1. The van der Waals surface area contributed by atoms with Crippen molar-refractivity contribution < 1.29 is 4.79 Å². The zero-order valence-electron chi connectivity index (χ0n) is 13.0. The fourth-order valence-electron chi connectivity index (χ4n) is 2.98. The minimum atomic E-state index is -0.159. The van der Waals surface area contributed by atoms with Crippen LogP contribution in [0.15, 0.2) is 24.3 Å². The predicted octanol–water partition coefficient (Wildman–Crippen LogP) is 3.01. The lowest BCUT2D eigenvalue weighted by Crippen LogP contribution is -2.51. The van der Waals surface area contributed by atoms with E-state index in [0.717, 1.165) is 13.0 Å². The quantitative estimate of drug-likeness (QED) is 0.928. The van der Waals surface area contributed by atoms with E-state index in [2.05, 4.69) is 30.1 Å². The molecule has 1 aromatic carbocycles. The highest BCUT2D eigenvalue weighted by Crippen LogP contribution is 2.25. The molecule has 1 aliphatic rings. The third-order valence-corrected chi connectivity index (χ3v) is 4.56. The minimum absolute atomic E-state index is 0.00830. The van der Waals surface area contributed by atoms with Gasteiger partial charge in [0.1, 0.15) is 0 Å². The first-order valence-corrected chi connectivity index (χ1v) is 7.59. The number of piperidine rings is 1. The Hall–Kier alpha value is -1.86. The Labute approximate surface area is 126 Å². The van der Waals surface area contributed by atoms with E-state index in [0.29, 0.717) is 23.2 Å². The van der Waals surface area contributed by atoms with Crippen molar-refractivity contribution in [2.75, 3.05) is 11.9 Å². The van der Waals surface area contributed by atoms with Gasteiger partial charge < -0.3 is 5.32 Å². The molecule has 0 aromatic heterocycles. The molecule has 2 rings (SSSR count). The van der Waals surface area contributed by atoms with Gasteiger partial charge in [0.15, 0.2) is 0 Å². The largest absolute Gasteiger partial charge is 0.325 e. The molecule has 1 aliphatic heterocycles. The third kappa shape index (κ3) is 3.62. The average Bonchev–Trinajstić information content (AvgIpc) is 2.49. The maximum absolute atomic E-state index is 12.4. The second-order valence-corrected chi connectivity index (χ2v) is 5.96. The van der Waals surface area contributed by atoms with Crippen LogP contribution in [0.5, 0.6) is 0 Å². The van der Waals surface area contributed by atoms with Crippen molar-refractivity contribution in [3.63, 3.8) is 0 Å². The summed E-state index contributed by atoms with van der Waals surface area (Å²) in [5.41, 5.74) is 1.24. The van der Waals surface area contributed by atoms with E-state index in [-0.39, 0.29) is 11.9 Å². The summed E-state index contributed by atoms with van der Waals surface area (Å²) in [6, 6.07) is 9.37. The van der Waals surface area contributed by atoms with Crippen LogP contribution in [0.2, 0.25) is 0 Å². The second-order valence-electron chi connectivity index (χ2n) is 5.96. The molecule has 4 heteroatoms. The van der Waals surface area contributed by atoms with Crippen molar-refractivity contribution in [3.8, 4) is 6.07 Å². The maximum atomic E-state index is 12.4. The summed E-state index contributed by atoms with van der Waals surface area (Å²) in [5.74, 6) is 0.613. The molecule has 0 saturated carbocycles. The molecular formula is C17H23N3O. The Bertz CT molecular complexity index is 549. The van der Waals surface area contributed by atoms with Crippen molar-refractivity contribution >= 4 is 11.6 Å². The highest BCUT2D eigenvalue weighted by atomic mass is 16.2. The van der Waals surface area contributed by atoms with E-state index in [1.165, 1.54) is 6.42 Å². The van der Waals surface area contributed by atoms with Crippen molar-refractivity contribution in [2.45, 2.75) is 45.7 Å². The molecular weight excluding hydrogens is 262 g/mol. The van der Waals surface area contributed by atoms with Gasteiger partial charge in [-0.15, -0.1) is 0 Å². The molecule has 4 nitrogen and oxygen atoms in total. The fourth-order valence-corrected chi connectivity index (χ4v) is 2.98. The molecule has 1 aromatic rings. The van der Waals surface area contributed by atoms with Gasteiger partial charge in [0.05, 0.1) is 17.7 Å². The number of anilines is 1. The molecule has 21 heavy (non-hydrogen) atoms. The summed E-state index contributed by atoms with van der Waals surface area (Å²) in [6.07, 6.45) is 2.38. The van der Waals surface area contributed by atoms with E-state index in [1.807, 2.05) is 13.0 Å². The van der Waals surface area contributed by atoms with Gasteiger partial charge in [-0.3, -0.25) is 9.69 Å². The van der Waals surface area contributed by atoms with E-state index >= 15 is 0 Å². The molecule has 3 atom stereocenters. The minimum Gasteiger partial charge on any atom is -0.325 e. The number of carbonyl (C=O) groups is 1. The first-order valence-electron chi connectivity index (χ1n) is 7.59. The molecule has 3 unspecified atom stereocenters. The topological polar surface area (TPSA) is 56.1 Å². The Morgan fingerprint density at radius 3 is 2.95 bits per heavy atom. The number of nitrogens with one attached hydrogen (secondary N) is 1. The van der Waals surface area contributed by atoms with Crippen LogP contribution in [0.3, 0.4) is 0 Å². The molecule has 1 amide bonds. The number of carbonyl (C=O) groups excluding carboxylic acids is 1. The number of nitrogens with zero attached hydrogens (tertiary/aromatic N) is 2. The molecule has 0 spiro atoms. The Kier molecular flexibility index (Phi) is 4.98. The molecule has 1 N–H and O–H groups in total. The van der Waals surface area contributed by atoms with Crippen LogP contribution < -0.4 is 5.32 Å². The zero-order chi connectivity index (χ0) is 15.4. The second kappa shape index (κ2) is 6.73. The van der Waals surface area contributed by atoms with E-state index in [9.17, 15) is 4.79 Å². The van der Waals surface area contributed by atoms with Gasteiger partial charge in [-0.1, -0.05) is 13.0 Å². The third-order valence-electron chi connectivity index (χ3n) is 4.56. The zero-order valence-corrected chi connectivity index (χ0v) is 13.0. The van der Waals surface area contributed by atoms with Gasteiger partial charge in [0, 0.05) is 11.7 Å². The highest BCUT2D eigenvalue weighted by molar-refractivity contribution is 5.94. The smallest absolute Gasteiger partial charge is 0.241 e. The van der Waals surface area contributed by atoms with E-state index < -0.39 is 0 Å². The summed E-state index contributed by atoms with van der Waals surface area (Å²) < 4.78 is 0. The van der Waals surface area contributed by atoms with Crippen LogP contribution in [0, 0.1) is 17.2 Å². The first kappa shape index (κ1) is 15.5. The van der Waals surface area contributed by atoms with Gasteiger partial charge in [-0.05, 0) is 57.4 Å². The van der Waals surface area contributed by atoms with Gasteiger partial charge >= 0.3 is 0 Å². The van der Waals surface area contributed by atoms with Crippen LogP contribution in [-0.4, -0.2) is 29.4 Å². The van der Waals surface area contributed by atoms with Gasteiger partial charge in [-0.25, -0.2) is 0 Å². The van der Waals surface area contributed by atoms with Crippen molar-refractivity contribution in [3.05, 3.63) is 29.8 Å². The lowest BCUT2D eigenvalue weighted by atomic mass is 9.91. The lowest BCUT2D eigenvalue weighted by molar-refractivity contribution is -0.122.